The summed E-state index contributed by atoms with van der Waals surface area (Å²) in [5, 5.41) is 0. The highest BCUT2D eigenvalue weighted by Crippen LogP contribution is 2.10. The number of hydrogen-bond donors (Lipinski definition) is 0. The van der Waals surface area contributed by atoms with Gasteiger partial charge in [0.2, 0.25) is 0 Å². The highest BCUT2D eigenvalue weighted by Gasteiger charge is 2.15. The molecule has 2 heteroatoms. The van der Waals surface area contributed by atoms with Gasteiger partial charge in [-0.05, 0) is 12.5 Å². The molecule has 1 aliphatic heterocycles. The van der Waals surface area contributed by atoms with E-state index in [0.29, 0.717) is 0 Å². The zero-order valence-corrected chi connectivity index (χ0v) is 10.7. The number of aryl methyl sites for hydroxylation is 1. The molecule has 0 aromatic heterocycles. The van der Waals surface area contributed by atoms with Gasteiger partial charge in [-0.25, -0.2) is 0 Å². The molecule has 0 N–H and O–H groups in total. The van der Waals surface area contributed by atoms with Gasteiger partial charge in [0.05, 0.1) is 0 Å². The number of benzene rings is 1. The van der Waals surface area contributed by atoms with Crippen LogP contribution in [0.5, 0.6) is 0 Å². The van der Waals surface area contributed by atoms with E-state index >= 15 is 0 Å². The fourth-order valence-corrected chi connectivity index (χ4v) is 2.38. The van der Waals surface area contributed by atoms with Crippen LogP contribution in [-0.2, 0) is 6.54 Å². The summed E-state index contributed by atoms with van der Waals surface area (Å²) in [6.45, 7) is 12.7. The Bertz CT molecular complexity index is 365. The molecule has 0 aliphatic carbocycles. The predicted molar refractivity (Wildman–Crippen MR) is 73.1 cm³/mol. The molecule has 1 aromatic rings. The van der Waals surface area contributed by atoms with Crippen LogP contribution in [0.2, 0.25) is 0 Å². The van der Waals surface area contributed by atoms with Crippen molar-refractivity contribution in [3.05, 3.63) is 48.0 Å². The van der Waals surface area contributed by atoms with Crippen LogP contribution in [-0.4, -0.2) is 42.5 Å². The molecule has 0 saturated carbocycles. The third-order valence-corrected chi connectivity index (χ3v) is 3.34. The van der Waals surface area contributed by atoms with Gasteiger partial charge in [-0.2, -0.15) is 0 Å². The van der Waals surface area contributed by atoms with Crippen LogP contribution in [0.4, 0.5) is 0 Å². The molecule has 0 amide bonds. The molecule has 0 radical (unpaired) electrons. The van der Waals surface area contributed by atoms with Crippen LogP contribution in [0.3, 0.4) is 0 Å². The van der Waals surface area contributed by atoms with E-state index < -0.39 is 0 Å². The van der Waals surface area contributed by atoms with Crippen LogP contribution >= 0.6 is 0 Å². The van der Waals surface area contributed by atoms with Crippen LogP contribution in [0.25, 0.3) is 0 Å². The summed E-state index contributed by atoms with van der Waals surface area (Å²) in [6.07, 6.45) is 2.00. The molecule has 1 aromatic carbocycles. The third kappa shape index (κ3) is 3.69. The smallest absolute Gasteiger partial charge is 0.0234 e. The number of nitrogens with zero attached hydrogens (tertiary/aromatic N) is 2. The van der Waals surface area contributed by atoms with Gasteiger partial charge in [0, 0.05) is 39.3 Å². The molecule has 1 fully saturated rings. The zero-order chi connectivity index (χ0) is 12.1. The Labute approximate surface area is 105 Å². The molecular weight excluding hydrogens is 208 g/mol. The lowest BCUT2D eigenvalue weighted by molar-refractivity contribution is 0.137. The first kappa shape index (κ1) is 12.3. The van der Waals surface area contributed by atoms with E-state index in [9.17, 15) is 0 Å². The molecular formula is C15H22N2. The maximum atomic E-state index is 3.80. The van der Waals surface area contributed by atoms with Gasteiger partial charge < -0.3 is 0 Å². The molecule has 2 rings (SSSR count). The number of hydrogen-bond acceptors (Lipinski definition) is 2. The second kappa shape index (κ2) is 5.99. The van der Waals surface area contributed by atoms with E-state index in [4.69, 9.17) is 0 Å². The minimum absolute atomic E-state index is 1.03. The minimum Gasteiger partial charge on any atom is -0.297 e. The average Bonchev–Trinajstić information content (AvgIpc) is 2.32. The maximum Gasteiger partial charge on any atom is 0.0234 e. The Morgan fingerprint density at radius 3 is 2.53 bits per heavy atom. The summed E-state index contributed by atoms with van der Waals surface area (Å²) in [4.78, 5) is 4.99. The summed E-state index contributed by atoms with van der Waals surface area (Å²) >= 11 is 0. The fourth-order valence-electron chi connectivity index (χ4n) is 2.38. The minimum atomic E-state index is 1.03. The fraction of sp³-hybridized carbons (Fsp3) is 0.467. The van der Waals surface area contributed by atoms with Gasteiger partial charge >= 0.3 is 0 Å². The summed E-state index contributed by atoms with van der Waals surface area (Å²) < 4.78 is 0. The Kier molecular flexibility index (Phi) is 4.35. The molecule has 92 valence electrons. The van der Waals surface area contributed by atoms with Gasteiger partial charge in [-0.15, -0.1) is 6.58 Å². The first-order valence-corrected chi connectivity index (χ1v) is 6.39. The van der Waals surface area contributed by atoms with Gasteiger partial charge in [0.1, 0.15) is 0 Å². The van der Waals surface area contributed by atoms with Gasteiger partial charge in [-0.1, -0.05) is 35.9 Å². The monoisotopic (exact) mass is 230 g/mol. The first-order chi connectivity index (χ1) is 8.28. The van der Waals surface area contributed by atoms with E-state index in [1.54, 1.807) is 0 Å². The Morgan fingerprint density at radius 1 is 1.18 bits per heavy atom. The van der Waals surface area contributed by atoms with Gasteiger partial charge in [0.15, 0.2) is 0 Å². The largest absolute Gasteiger partial charge is 0.297 e. The second-order valence-electron chi connectivity index (χ2n) is 4.85. The normalized spacial score (nSPS) is 18.2. The van der Waals surface area contributed by atoms with Crippen LogP contribution < -0.4 is 0 Å². The quantitative estimate of drug-likeness (QED) is 0.732. The zero-order valence-electron chi connectivity index (χ0n) is 10.7. The predicted octanol–water partition coefficient (Wildman–Crippen LogP) is 2.30. The van der Waals surface area contributed by atoms with E-state index in [1.807, 2.05) is 6.08 Å². The Balaban J connectivity index is 1.83. The topological polar surface area (TPSA) is 6.48 Å². The van der Waals surface area contributed by atoms with E-state index in [-0.39, 0.29) is 0 Å². The first-order valence-electron chi connectivity index (χ1n) is 6.39. The molecule has 1 saturated heterocycles. The van der Waals surface area contributed by atoms with Crippen molar-refractivity contribution in [3.63, 3.8) is 0 Å². The van der Waals surface area contributed by atoms with E-state index in [0.717, 1.165) is 26.2 Å². The van der Waals surface area contributed by atoms with Crippen molar-refractivity contribution < 1.29 is 0 Å². The summed E-state index contributed by atoms with van der Waals surface area (Å²) in [5.74, 6) is 0. The molecule has 0 bridgehead atoms. The van der Waals surface area contributed by atoms with E-state index in [2.05, 4.69) is 47.6 Å². The standard InChI is InChI=1S/C15H22N2/c1-3-7-16-8-10-17(11-9-16)13-15-6-4-5-14(2)12-15/h3-6,12H,1,7-11,13H2,2H3. The van der Waals surface area contributed by atoms with Crippen LogP contribution in [0, 0.1) is 6.92 Å². The Hall–Kier alpha value is -1.12. The van der Waals surface area contributed by atoms with Gasteiger partial charge in [-0.3, -0.25) is 9.80 Å². The second-order valence-corrected chi connectivity index (χ2v) is 4.85. The lowest BCUT2D eigenvalue weighted by atomic mass is 10.1. The molecule has 17 heavy (non-hydrogen) atoms. The Morgan fingerprint density at radius 2 is 1.88 bits per heavy atom. The maximum absolute atomic E-state index is 3.80. The molecule has 1 heterocycles. The summed E-state index contributed by atoms with van der Waals surface area (Å²) in [5.41, 5.74) is 2.79. The molecule has 1 aliphatic rings. The molecule has 0 atom stereocenters. The molecule has 0 unspecified atom stereocenters. The summed E-state index contributed by atoms with van der Waals surface area (Å²) in [7, 11) is 0. The van der Waals surface area contributed by atoms with Crippen LogP contribution in [0.1, 0.15) is 11.1 Å². The summed E-state index contributed by atoms with van der Waals surface area (Å²) in [6, 6.07) is 8.82. The van der Waals surface area contributed by atoms with Crippen molar-refractivity contribution in [2.45, 2.75) is 13.5 Å². The SMILES string of the molecule is C=CCN1CCN(Cc2cccc(C)c2)CC1. The highest BCUT2D eigenvalue weighted by atomic mass is 15.3. The van der Waals surface area contributed by atoms with Crippen molar-refractivity contribution in [1.82, 2.24) is 9.80 Å². The van der Waals surface area contributed by atoms with Crippen molar-refractivity contribution in [3.8, 4) is 0 Å². The lowest BCUT2D eigenvalue weighted by Gasteiger charge is -2.34. The molecule has 0 spiro atoms. The van der Waals surface area contributed by atoms with E-state index in [1.165, 1.54) is 24.2 Å². The van der Waals surface area contributed by atoms with Crippen molar-refractivity contribution in [2.24, 2.45) is 0 Å². The highest BCUT2D eigenvalue weighted by molar-refractivity contribution is 5.22. The van der Waals surface area contributed by atoms with Crippen molar-refractivity contribution >= 4 is 0 Å². The number of rotatable bonds is 4. The van der Waals surface area contributed by atoms with Crippen LogP contribution in [0.15, 0.2) is 36.9 Å². The molecule has 2 nitrogen and oxygen atoms in total. The van der Waals surface area contributed by atoms with Gasteiger partial charge in [0.25, 0.3) is 0 Å². The lowest BCUT2D eigenvalue weighted by Crippen LogP contribution is -2.45. The number of piperazine rings is 1. The van der Waals surface area contributed by atoms with Crippen molar-refractivity contribution in [2.75, 3.05) is 32.7 Å². The third-order valence-electron chi connectivity index (χ3n) is 3.34. The van der Waals surface area contributed by atoms with Crippen molar-refractivity contribution in [1.29, 1.82) is 0 Å². The average molecular weight is 230 g/mol.